The van der Waals surface area contributed by atoms with E-state index in [-0.39, 0.29) is 11.6 Å². The van der Waals surface area contributed by atoms with Crippen LogP contribution in [0.4, 0.5) is 5.95 Å². The first-order valence-corrected chi connectivity index (χ1v) is 4.65. The first kappa shape index (κ1) is 9.79. The summed E-state index contributed by atoms with van der Waals surface area (Å²) in [5.74, 6) is 0.143. The number of hydrogen-bond donors (Lipinski definition) is 1. The molecule has 2 N–H and O–H groups in total. The Labute approximate surface area is 90.7 Å². The lowest BCUT2D eigenvalue weighted by Gasteiger charge is -2.01. The largest absolute Gasteiger partial charge is 0.368 e. The SMILES string of the molecule is Cn1nc(N)n(-c2cccc(Cl)c2)c1=O. The Morgan fingerprint density at radius 2 is 2.20 bits per heavy atom. The summed E-state index contributed by atoms with van der Waals surface area (Å²) in [6.45, 7) is 0. The fourth-order valence-electron chi connectivity index (χ4n) is 1.34. The standard InChI is InChI=1S/C9H9ClN4O/c1-13-9(15)14(8(11)12-13)7-4-2-3-6(10)5-7/h2-5H,1H3,(H2,11,12). The van der Waals surface area contributed by atoms with Crippen LogP contribution in [0.15, 0.2) is 29.1 Å². The second-order valence-electron chi connectivity index (χ2n) is 3.08. The summed E-state index contributed by atoms with van der Waals surface area (Å²) in [6, 6.07) is 6.87. The van der Waals surface area contributed by atoms with Crippen LogP contribution in [0.1, 0.15) is 0 Å². The van der Waals surface area contributed by atoms with Gasteiger partial charge >= 0.3 is 5.69 Å². The van der Waals surface area contributed by atoms with Gasteiger partial charge in [0.05, 0.1) is 5.69 Å². The lowest BCUT2D eigenvalue weighted by atomic mass is 10.3. The molecule has 0 aliphatic carbocycles. The summed E-state index contributed by atoms with van der Waals surface area (Å²) in [4.78, 5) is 11.6. The van der Waals surface area contributed by atoms with Gasteiger partial charge in [-0.2, -0.15) is 0 Å². The number of halogens is 1. The van der Waals surface area contributed by atoms with Crippen molar-refractivity contribution in [1.82, 2.24) is 14.3 Å². The van der Waals surface area contributed by atoms with Crippen LogP contribution in [0.5, 0.6) is 0 Å². The van der Waals surface area contributed by atoms with E-state index in [0.717, 1.165) is 0 Å². The summed E-state index contributed by atoms with van der Waals surface area (Å²) in [6.07, 6.45) is 0. The number of nitrogens with two attached hydrogens (primary N) is 1. The van der Waals surface area contributed by atoms with Crippen LogP contribution < -0.4 is 11.4 Å². The topological polar surface area (TPSA) is 65.8 Å². The van der Waals surface area contributed by atoms with Gasteiger partial charge in [0.25, 0.3) is 0 Å². The number of nitrogen functional groups attached to an aromatic ring is 1. The summed E-state index contributed by atoms with van der Waals surface area (Å²) >= 11 is 5.82. The van der Waals surface area contributed by atoms with Crippen molar-refractivity contribution in [3.8, 4) is 5.69 Å². The molecule has 15 heavy (non-hydrogen) atoms. The number of hydrogen-bond acceptors (Lipinski definition) is 3. The van der Waals surface area contributed by atoms with Gasteiger partial charge in [0.1, 0.15) is 0 Å². The van der Waals surface area contributed by atoms with Crippen molar-refractivity contribution in [2.45, 2.75) is 0 Å². The normalized spacial score (nSPS) is 10.5. The second-order valence-corrected chi connectivity index (χ2v) is 3.52. The molecule has 0 saturated carbocycles. The Morgan fingerprint density at radius 3 is 2.73 bits per heavy atom. The van der Waals surface area contributed by atoms with Gasteiger partial charge in [0.2, 0.25) is 5.95 Å². The highest BCUT2D eigenvalue weighted by Gasteiger charge is 2.09. The van der Waals surface area contributed by atoms with Gasteiger partial charge in [-0.15, -0.1) is 5.10 Å². The van der Waals surface area contributed by atoms with Gasteiger partial charge in [-0.1, -0.05) is 17.7 Å². The fraction of sp³-hybridized carbons (Fsp3) is 0.111. The highest BCUT2D eigenvalue weighted by atomic mass is 35.5. The zero-order valence-corrected chi connectivity index (χ0v) is 8.77. The average Bonchev–Trinajstić information content (AvgIpc) is 2.41. The maximum absolute atomic E-state index is 11.6. The average molecular weight is 225 g/mol. The van der Waals surface area contributed by atoms with Crippen LogP contribution in [0.3, 0.4) is 0 Å². The molecule has 1 heterocycles. The van der Waals surface area contributed by atoms with Crippen molar-refractivity contribution >= 4 is 17.5 Å². The molecule has 78 valence electrons. The first-order chi connectivity index (χ1) is 7.09. The monoisotopic (exact) mass is 224 g/mol. The zero-order chi connectivity index (χ0) is 11.0. The van der Waals surface area contributed by atoms with Crippen molar-refractivity contribution in [2.75, 3.05) is 5.73 Å². The van der Waals surface area contributed by atoms with Crippen molar-refractivity contribution in [3.63, 3.8) is 0 Å². The first-order valence-electron chi connectivity index (χ1n) is 4.27. The Balaban J connectivity index is 2.69. The Hall–Kier alpha value is -1.75. The minimum absolute atomic E-state index is 0.143. The van der Waals surface area contributed by atoms with Crippen LogP contribution in [0, 0.1) is 0 Å². The van der Waals surface area contributed by atoms with Crippen LogP contribution in [0.2, 0.25) is 5.02 Å². The van der Waals surface area contributed by atoms with Crippen LogP contribution in [-0.2, 0) is 7.05 Å². The minimum Gasteiger partial charge on any atom is -0.368 e. The van der Waals surface area contributed by atoms with Crippen LogP contribution in [-0.4, -0.2) is 14.3 Å². The molecule has 5 nitrogen and oxygen atoms in total. The van der Waals surface area contributed by atoms with Crippen molar-refractivity contribution < 1.29 is 0 Å². The molecular weight excluding hydrogens is 216 g/mol. The predicted molar refractivity (Wildman–Crippen MR) is 58.2 cm³/mol. The lowest BCUT2D eigenvalue weighted by Crippen LogP contribution is -2.21. The molecule has 0 spiro atoms. The number of aryl methyl sites for hydroxylation is 1. The molecule has 0 aliphatic rings. The van der Waals surface area contributed by atoms with Crippen molar-refractivity contribution in [2.24, 2.45) is 7.05 Å². The second kappa shape index (κ2) is 3.43. The molecule has 0 radical (unpaired) electrons. The van der Waals surface area contributed by atoms with Gasteiger partial charge in [-0.05, 0) is 18.2 Å². The molecule has 0 saturated heterocycles. The predicted octanol–water partition coefficient (Wildman–Crippen LogP) is 0.807. The minimum atomic E-state index is -0.297. The van der Waals surface area contributed by atoms with E-state index in [1.165, 1.54) is 9.25 Å². The molecule has 0 fully saturated rings. The molecule has 1 aromatic carbocycles. The van der Waals surface area contributed by atoms with E-state index >= 15 is 0 Å². The molecule has 6 heteroatoms. The van der Waals surface area contributed by atoms with Gasteiger partial charge < -0.3 is 5.73 Å². The molecule has 2 rings (SSSR count). The number of benzene rings is 1. The van der Waals surface area contributed by atoms with Crippen molar-refractivity contribution in [3.05, 3.63) is 39.8 Å². The smallest absolute Gasteiger partial charge is 0.351 e. The molecule has 1 aromatic heterocycles. The van der Waals surface area contributed by atoms with Crippen molar-refractivity contribution in [1.29, 1.82) is 0 Å². The third-order valence-electron chi connectivity index (χ3n) is 2.02. The number of anilines is 1. The van der Waals surface area contributed by atoms with E-state index in [4.69, 9.17) is 17.3 Å². The van der Waals surface area contributed by atoms with E-state index in [1.807, 2.05) is 0 Å². The highest BCUT2D eigenvalue weighted by molar-refractivity contribution is 6.30. The molecule has 0 unspecified atom stereocenters. The maximum Gasteiger partial charge on any atom is 0.351 e. The van der Waals surface area contributed by atoms with E-state index in [2.05, 4.69) is 5.10 Å². The van der Waals surface area contributed by atoms with Gasteiger partial charge in [0.15, 0.2) is 0 Å². The van der Waals surface area contributed by atoms with Gasteiger partial charge in [-0.25, -0.2) is 14.0 Å². The lowest BCUT2D eigenvalue weighted by molar-refractivity contribution is 0.727. The summed E-state index contributed by atoms with van der Waals surface area (Å²) in [5, 5.41) is 4.36. The quantitative estimate of drug-likeness (QED) is 0.780. The zero-order valence-electron chi connectivity index (χ0n) is 8.01. The summed E-state index contributed by atoms with van der Waals surface area (Å²) in [5.41, 5.74) is 5.93. The van der Waals surface area contributed by atoms with E-state index in [1.54, 1.807) is 31.3 Å². The van der Waals surface area contributed by atoms with E-state index in [9.17, 15) is 4.79 Å². The summed E-state index contributed by atoms with van der Waals surface area (Å²) < 4.78 is 2.47. The molecule has 0 bridgehead atoms. The molecule has 2 aromatic rings. The highest BCUT2D eigenvalue weighted by Crippen LogP contribution is 2.14. The number of rotatable bonds is 1. The molecule has 0 atom stereocenters. The molecular formula is C9H9ClN4O. The Kier molecular flexibility index (Phi) is 2.24. The fourth-order valence-corrected chi connectivity index (χ4v) is 1.53. The van der Waals surface area contributed by atoms with E-state index < -0.39 is 0 Å². The van der Waals surface area contributed by atoms with Crippen LogP contribution in [0.25, 0.3) is 5.69 Å². The Morgan fingerprint density at radius 1 is 1.47 bits per heavy atom. The Bertz CT molecular complexity index is 557. The van der Waals surface area contributed by atoms with E-state index in [0.29, 0.717) is 10.7 Å². The van der Waals surface area contributed by atoms with Gasteiger partial charge in [-0.3, -0.25) is 0 Å². The third kappa shape index (κ3) is 1.61. The number of nitrogens with zero attached hydrogens (tertiary/aromatic N) is 3. The molecule has 0 amide bonds. The third-order valence-corrected chi connectivity index (χ3v) is 2.25. The van der Waals surface area contributed by atoms with Gasteiger partial charge in [0, 0.05) is 12.1 Å². The van der Waals surface area contributed by atoms with Crippen LogP contribution >= 0.6 is 11.6 Å². The molecule has 0 aliphatic heterocycles. The maximum atomic E-state index is 11.6. The number of aromatic nitrogens is 3. The summed E-state index contributed by atoms with van der Waals surface area (Å²) in [7, 11) is 1.54.